The lowest BCUT2D eigenvalue weighted by Crippen LogP contribution is -2.20. The van der Waals surface area contributed by atoms with E-state index in [9.17, 15) is 4.79 Å². The summed E-state index contributed by atoms with van der Waals surface area (Å²) in [6, 6.07) is 12.6. The third-order valence-electron chi connectivity index (χ3n) is 3.31. The van der Waals surface area contributed by atoms with Gasteiger partial charge < -0.3 is 9.15 Å². The number of hydrogen-bond donors (Lipinski definition) is 1. The Morgan fingerprint density at radius 3 is 2.87 bits per heavy atom. The molecule has 0 unspecified atom stereocenters. The summed E-state index contributed by atoms with van der Waals surface area (Å²) >= 11 is 0. The fourth-order valence-corrected chi connectivity index (χ4v) is 2.12. The molecule has 0 radical (unpaired) electrons. The normalized spacial score (nSPS) is 11.5. The summed E-state index contributed by atoms with van der Waals surface area (Å²) in [5, 5.41) is 4.97. The number of carbonyl (C=O) groups excluding carboxylic acids is 1. The van der Waals surface area contributed by atoms with E-state index in [-0.39, 0.29) is 5.91 Å². The topological polar surface area (TPSA) is 76.7 Å². The Bertz CT molecular complexity index is 869. The van der Waals surface area contributed by atoms with E-state index >= 15 is 0 Å². The summed E-state index contributed by atoms with van der Waals surface area (Å²) in [6.07, 6.45) is 1.55. The quantitative estimate of drug-likeness (QED) is 0.593. The van der Waals surface area contributed by atoms with Gasteiger partial charge >= 0.3 is 0 Å². The van der Waals surface area contributed by atoms with Gasteiger partial charge in [-0.3, -0.25) is 9.78 Å². The third-order valence-corrected chi connectivity index (χ3v) is 3.31. The molecule has 0 atom stereocenters. The van der Waals surface area contributed by atoms with Crippen LogP contribution in [0, 0.1) is 0 Å². The molecule has 1 aromatic carbocycles. The van der Waals surface area contributed by atoms with Crippen molar-refractivity contribution in [3.63, 3.8) is 0 Å². The molecular weight excluding hydrogens is 294 g/mol. The number of aromatic nitrogens is 1. The maximum Gasteiger partial charge on any atom is 0.289 e. The molecule has 0 saturated heterocycles. The molecule has 1 amide bonds. The highest BCUT2D eigenvalue weighted by molar-refractivity contribution is 6.01. The monoisotopic (exact) mass is 309 g/mol. The molecule has 3 rings (SSSR count). The maximum atomic E-state index is 11.9. The minimum Gasteiger partial charge on any atom is -0.493 e. The van der Waals surface area contributed by atoms with Gasteiger partial charge in [0.25, 0.3) is 5.91 Å². The predicted octanol–water partition coefficient (Wildman–Crippen LogP) is 2.99. The largest absolute Gasteiger partial charge is 0.493 e. The highest BCUT2D eigenvalue weighted by atomic mass is 16.5. The average molecular weight is 309 g/mol. The zero-order valence-electron chi connectivity index (χ0n) is 12.7. The van der Waals surface area contributed by atoms with Crippen LogP contribution < -0.4 is 10.2 Å². The number of ether oxygens (including phenoxy) is 1. The van der Waals surface area contributed by atoms with Gasteiger partial charge in [0.15, 0.2) is 17.1 Å². The molecule has 6 heteroatoms. The van der Waals surface area contributed by atoms with Crippen molar-refractivity contribution in [2.24, 2.45) is 5.10 Å². The molecular formula is C17H15N3O3. The third kappa shape index (κ3) is 3.06. The fourth-order valence-electron chi connectivity index (χ4n) is 2.12. The van der Waals surface area contributed by atoms with Gasteiger partial charge in [-0.05, 0) is 31.2 Å². The summed E-state index contributed by atoms with van der Waals surface area (Å²) in [5.41, 5.74) is 3.96. The molecule has 0 bridgehead atoms. The van der Waals surface area contributed by atoms with Crippen molar-refractivity contribution in [1.82, 2.24) is 10.4 Å². The number of hydrazone groups is 1. The van der Waals surface area contributed by atoms with E-state index in [4.69, 9.17) is 9.15 Å². The van der Waals surface area contributed by atoms with Crippen molar-refractivity contribution in [1.29, 1.82) is 0 Å². The maximum absolute atomic E-state index is 11.9. The zero-order valence-corrected chi connectivity index (χ0v) is 12.7. The molecule has 116 valence electrons. The summed E-state index contributed by atoms with van der Waals surface area (Å²) in [6.45, 7) is 1.75. The number of para-hydroxylation sites is 1. The lowest BCUT2D eigenvalue weighted by Gasteiger charge is -2.00. The van der Waals surface area contributed by atoms with Crippen molar-refractivity contribution in [3.05, 3.63) is 60.1 Å². The summed E-state index contributed by atoms with van der Waals surface area (Å²) in [4.78, 5) is 15.9. The summed E-state index contributed by atoms with van der Waals surface area (Å²) in [5.74, 6) is 0.837. The molecule has 0 aliphatic rings. The number of nitrogens with one attached hydrogen (secondary N) is 1. The molecule has 0 spiro atoms. The minimum absolute atomic E-state index is 0.301. The molecule has 0 fully saturated rings. The molecule has 2 heterocycles. The smallest absolute Gasteiger partial charge is 0.289 e. The van der Waals surface area contributed by atoms with Crippen LogP contribution >= 0.6 is 0 Å². The lowest BCUT2D eigenvalue weighted by molar-refractivity contribution is 0.0950. The number of methoxy groups -OCH3 is 1. The number of furan rings is 1. The summed E-state index contributed by atoms with van der Waals surface area (Å²) in [7, 11) is 1.59. The van der Waals surface area contributed by atoms with E-state index in [1.807, 2.05) is 24.3 Å². The highest BCUT2D eigenvalue weighted by Gasteiger charge is 2.11. The van der Waals surface area contributed by atoms with Crippen LogP contribution in [0.1, 0.15) is 23.2 Å². The number of carbonyl (C=O) groups is 1. The van der Waals surface area contributed by atoms with Crippen LogP contribution in [0.5, 0.6) is 5.75 Å². The molecule has 0 aliphatic heterocycles. The SMILES string of the molecule is COc1cccc2cc(/C(C)=N\NC(=O)c3ccccn3)oc12. The van der Waals surface area contributed by atoms with E-state index in [1.54, 1.807) is 38.4 Å². The van der Waals surface area contributed by atoms with E-state index in [0.717, 1.165) is 5.39 Å². The van der Waals surface area contributed by atoms with Crippen molar-refractivity contribution >= 4 is 22.6 Å². The van der Waals surface area contributed by atoms with Crippen molar-refractivity contribution in [3.8, 4) is 5.75 Å². The zero-order chi connectivity index (χ0) is 16.2. The first-order valence-electron chi connectivity index (χ1n) is 7.01. The van der Waals surface area contributed by atoms with Crippen LogP contribution in [-0.2, 0) is 0 Å². The first kappa shape index (κ1) is 14.8. The van der Waals surface area contributed by atoms with E-state index in [2.05, 4.69) is 15.5 Å². The Balaban J connectivity index is 1.82. The van der Waals surface area contributed by atoms with Gasteiger partial charge in [-0.25, -0.2) is 5.43 Å². The number of fused-ring (bicyclic) bond motifs is 1. The molecule has 3 aromatic rings. The Morgan fingerprint density at radius 1 is 1.26 bits per heavy atom. The lowest BCUT2D eigenvalue weighted by atomic mass is 10.2. The predicted molar refractivity (Wildman–Crippen MR) is 86.7 cm³/mol. The second kappa shape index (κ2) is 6.31. The van der Waals surface area contributed by atoms with Crippen molar-refractivity contribution < 1.29 is 13.9 Å². The number of hydrogen-bond acceptors (Lipinski definition) is 5. The van der Waals surface area contributed by atoms with Crippen LogP contribution in [0.25, 0.3) is 11.0 Å². The molecule has 0 saturated carbocycles. The second-order valence-corrected chi connectivity index (χ2v) is 4.84. The first-order chi connectivity index (χ1) is 11.2. The van der Waals surface area contributed by atoms with Crippen molar-refractivity contribution in [2.45, 2.75) is 6.92 Å². The fraction of sp³-hybridized carbons (Fsp3) is 0.118. The minimum atomic E-state index is -0.376. The molecule has 23 heavy (non-hydrogen) atoms. The highest BCUT2D eigenvalue weighted by Crippen LogP contribution is 2.28. The molecule has 6 nitrogen and oxygen atoms in total. The number of benzene rings is 1. The number of amides is 1. The number of rotatable bonds is 4. The van der Waals surface area contributed by atoms with Gasteiger partial charge in [0.1, 0.15) is 11.4 Å². The molecule has 1 N–H and O–H groups in total. The van der Waals surface area contributed by atoms with Gasteiger partial charge in [-0.1, -0.05) is 18.2 Å². The van der Waals surface area contributed by atoms with Gasteiger partial charge in [0.05, 0.1) is 7.11 Å². The van der Waals surface area contributed by atoms with Gasteiger partial charge in [0.2, 0.25) is 0 Å². The number of nitrogens with zero attached hydrogens (tertiary/aromatic N) is 2. The number of pyridine rings is 1. The van der Waals surface area contributed by atoms with E-state index in [1.165, 1.54) is 0 Å². The van der Waals surface area contributed by atoms with Crippen molar-refractivity contribution in [2.75, 3.05) is 7.11 Å². The van der Waals surface area contributed by atoms with Gasteiger partial charge in [-0.15, -0.1) is 0 Å². The Hall–Kier alpha value is -3.15. The van der Waals surface area contributed by atoms with Gasteiger partial charge in [-0.2, -0.15) is 5.10 Å². The molecule has 2 aromatic heterocycles. The van der Waals surface area contributed by atoms with Crippen LogP contribution in [-0.4, -0.2) is 23.7 Å². The second-order valence-electron chi connectivity index (χ2n) is 4.84. The standard InChI is InChI=1S/C17H15N3O3/c1-11(19-20-17(21)13-7-3-4-9-18-13)15-10-12-6-5-8-14(22-2)16(12)23-15/h3-10H,1-2H3,(H,20,21)/b19-11-. The Morgan fingerprint density at radius 2 is 2.13 bits per heavy atom. The van der Waals surface area contributed by atoms with Crippen LogP contribution in [0.15, 0.2) is 58.2 Å². The summed E-state index contributed by atoms with van der Waals surface area (Å²) < 4.78 is 11.0. The Kier molecular flexibility index (Phi) is 4.05. The molecule has 0 aliphatic carbocycles. The van der Waals surface area contributed by atoms with E-state index < -0.39 is 0 Å². The van der Waals surface area contributed by atoms with Crippen LogP contribution in [0.3, 0.4) is 0 Å². The Labute approximate surface area is 132 Å². The first-order valence-corrected chi connectivity index (χ1v) is 7.01. The van der Waals surface area contributed by atoms with Crippen LogP contribution in [0.2, 0.25) is 0 Å². The van der Waals surface area contributed by atoms with E-state index in [0.29, 0.717) is 28.5 Å². The average Bonchev–Trinajstić information content (AvgIpc) is 3.04. The van der Waals surface area contributed by atoms with Crippen LogP contribution in [0.4, 0.5) is 0 Å². The van der Waals surface area contributed by atoms with Gasteiger partial charge in [0, 0.05) is 11.6 Å².